The first kappa shape index (κ1) is 20.6. The molecule has 1 amide bonds. The van der Waals surface area contributed by atoms with Gasteiger partial charge < -0.3 is 9.47 Å². The average Bonchev–Trinajstić information content (AvgIpc) is 3.21. The Hall–Kier alpha value is -3.12. The highest BCUT2D eigenvalue weighted by Gasteiger charge is 2.08. The summed E-state index contributed by atoms with van der Waals surface area (Å²) in [4.78, 5) is 16.8. The Morgan fingerprint density at radius 1 is 1.14 bits per heavy atom. The Morgan fingerprint density at radius 3 is 2.62 bits per heavy atom. The number of methoxy groups -OCH3 is 2. The molecule has 0 atom stereocenters. The van der Waals surface area contributed by atoms with Crippen LogP contribution in [0, 0.1) is 0 Å². The number of amides is 1. The number of ether oxygens (including phenoxy) is 2. The summed E-state index contributed by atoms with van der Waals surface area (Å²) in [6.07, 6.45) is 5.35. The summed E-state index contributed by atoms with van der Waals surface area (Å²) in [6.45, 7) is 2.17. The lowest BCUT2D eigenvalue weighted by molar-refractivity contribution is -0.111. The molecule has 0 saturated heterocycles. The zero-order chi connectivity index (χ0) is 20.6. The predicted octanol–water partition coefficient (Wildman–Crippen LogP) is 5.43. The maximum Gasteiger partial charge on any atom is 0.250 e. The Morgan fingerprint density at radius 2 is 1.93 bits per heavy atom. The third-order valence-electron chi connectivity index (χ3n) is 4.37. The molecule has 2 aromatic carbocycles. The van der Waals surface area contributed by atoms with E-state index in [1.54, 1.807) is 26.4 Å². The van der Waals surface area contributed by atoms with Crippen molar-refractivity contribution in [3.63, 3.8) is 0 Å². The lowest BCUT2D eigenvalue weighted by Crippen LogP contribution is -2.07. The summed E-state index contributed by atoms with van der Waals surface area (Å²) in [6, 6.07) is 13.8. The summed E-state index contributed by atoms with van der Waals surface area (Å²) >= 11 is 1.40. The number of aromatic nitrogens is 1. The molecule has 3 aromatic rings. The molecule has 6 heteroatoms. The Balaban J connectivity index is 1.67. The fraction of sp³-hybridized carbons (Fsp3) is 0.217. The fourth-order valence-corrected chi connectivity index (χ4v) is 3.60. The van der Waals surface area contributed by atoms with Crippen LogP contribution in [0.3, 0.4) is 0 Å². The first-order chi connectivity index (χ1) is 14.1. The summed E-state index contributed by atoms with van der Waals surface area (Å²) in [5.41, 5.74) is 3.97. The molecule has 0 aliphatic carbocycles. The lowest BCUT2D eigenvalue weighted by atomic mass is 10.1. The monoisotopic (exact) mass is 408 g/mol. The van der Waals surface area contributed by atoms with Crippen molar-refractivity contribution in [2.24, 2.45) is 0 Å². The van der Waals surface area contributed by atoms with Gasteiger partial charge in [0.05, 0.1) is 19.9 Å². The first-order valence-corrected chi connectivity index (χ1v) is 10.3. The molecule has 0 spiro atoms. The van der Waals surface area contributed by atoms with Crippen LogP contribution in [0.2, 0.25) is 0 Å². The van der Waals surface area contributed by atoms with E-state index in [0.717, 1.165) is 29.7 Å². The SMILES string of the molecule is CCCc1ccc(-c2csc(NC(=O)/C=C/c3cc(OC)ccc3OC)n2)cc1. The second-order valence-electron chi connectivity index (χ2n) is 6.42. The molecule has 0 radical (unpaired) electrons. The van der Waals surface area contributed by atoms with Crippen LogP contribution in [0.25, 0.3) is 17.3 Å². The summed E-state index contributed by atoms with van der Waals surface area (Å²) in [5.74, 6) is 1.10. The van der Waals surface area contributed by atoms with Crippen molar-refractivity contribution >= 4 is 28.5 Å². The number of benzene rings is 2. The number of anilines is 1. The number of aryl methyl sites for hydroxylation is 1. The number of carbonyl (C=O) groups is 1. The van der Waals surface area contributed by atoms with Crippen LogP contribution in [0.4, 0.5) is 5.13 Å². The lowest BCUT2D eigenvalue weighted by Gasteiger charge is -2.07. The molecular weight excluding hydrogens is 384 g/mol. The van der Waals surface area contributed by atoms with Gasteiger partial charge in [-0.3, -0.25) is 10.1 Å². The minimum Gasteiger partial charge on any atom is -0.497 e. The Labute approximate surface area is 175 Å². The smallest absolute Gasteiger partial charge is 0.250 e. The number of nitrogens with one attached hydrogen (secondary N) is 1. The number of thiazole rings is 1. The van der Waals surface area contributed by atoms with Gasteiger partial charge in [0.1, 0.15) is 11.5 Å². The van der Waals surface area contributed by atoms with Crippen LogP contribution < -0.4 is 14.8 Å². The van der Waals surface area contributed by atoms with Gasteiger partial charge in [0.15, 0.2) is 5.13 Å². The van der Waals surface area contributed by atoms with E-state index >= 15 is 0 Å². The van der Waals surface area contributed by atoms with E-state index in [9.17, 15) is 4.79 Å². The molecule has 0 unspecified atom stereocenters. The standard InChI is InChI=1S/C23H24N2O3S/c1-4-5-16-6-8-17(9-7-16)20-15-29-23(24-20)25-22(26)13-10-18-14-19(27-2)11-12-21(18)28-3/h6-15H,4-5H2,1-3H3,(H,24,25,26)/b13-10+. The normalized spacial score (nSPS) is 10.9. The van der Waals surface area contributed by atoms with Crippen LogP contribution in [0.1, 0.15) is 24.5 Å². The van der Waals surface area contributed by atoms with Crippen LogP contribution in [-0.4, -0.2) is 25.1 Å². The molecule has 0 fully saturated rings. The van der Waals surface area contributed by atoms with Crippen LogP contribution in [-0.2, 0) is 11.2 Å². The number of hydrogen-bond acceptors (Lipinski definition) is 5. The van der Waals surface area contributed by atoms with Crippen LogP contribution in [0.15, 0.2) is 53.9 Å². The van der Waals surface area contributed by atoms with Gasteiger partial charge >= 0.3 is 0 Å². The van der Waals surface area contributed by atoms with E-state index in [-0.39, 0.29) is 5.91 Å². The molecule has 0 bridgehead atoms. The molecule has 29 heavy (non-hydrogen) atoms. The van der Waals surface area contributed by atoms with Crippen molar-refractivity contribution in [1.29, 1.82) is 0 Å². The first-order valence-electron chi connectivity index (χ1n) is 9.39. The van der Waals surface area contributed by atoms with Gasteiger partial charge in [-0.05, 0) is 36.3 Å². The van der Waals surface area contributed by atoms with E-state index < -0.39 is 0 Å². The number of carbonyl (C=O) groups excluding carboxylic acids is 1. The van der Waals surface area contributed by atoms with Crippen molar-refractivity contribution in [3.8, 4) is 22.8 Å². The van der Waals surface area contributed by atoms with E-state index in [1.165, 1.54) is 23.0 Å². The minimum absolute atomic E-state index is 0.255. The molecule has 5 nitrogen and oxygen atoms in total. The van der Waals surface area contributed by atoms with Crippen LogP contribution in [0.5, 0.6) is 11.5 Å². The topological polar surface area (TPSA) is 60.5 Å². The van der Waals surface area contributed by atoms with Crippen molar-refractivity contribution in [2.45, 2.75) is 19.8 Å². The molecular formula is C23H24N2O3S. The van der Waals surface area contributed by atoms with E-state index in [4.69, 9.17) is 9.47 Å². The minimum atomic E-state index is -0.255. The summed E-state index contributed by atoms with van der Waals surface area (Å²) in [5, 5.41) is 5.31. The molecule has 150 valence electrons. The van der Waals surface area contributed by atoms with Gasteiger partial charge in [0, 0.05) is 22.6 Å². The summed E-state index contributed by atoms with van der Waals surface area (Å²) < 4.78 is 10.5. The van der Waals surface area contributed by atoms with E-state index in [1.807, 2.05) is 17.5 Å². The quantitative estimate of drug-likeness (QED) is 0.505. The van der Waals surface area contributed by atoms with Crippen LogP contribution >= 0.6 is 11.3 Å². The number of rotatable bonds is 8. The van der Waals surface area contributed by atoms with Crippen molar-refractivity contribution < 1.29 is 14.3 Å². The van der Waals surface area contributed by atoms with Crippen molar-refractivity contribution in [3.05, 3.63) is 65.0 Å². The number of hydrogen-bond donors (Lipinski definition) is 1. The van der Waals surface area contributed by atoms with Gasteiger partial charge in [-0.25, -0.2) is 4.98 Å². The zero-order valence-corrected chi connectivity index (χ0v) is 17.6. The third-order valence-corrected chi connectivity index (χ3v) is 5.13. The highest BCUT2D eigenvalue weighted by molar-refractivity contribution is 7.14. The van der Waals surface area contributed by atoms with Gasteiger partial charge in [0.2, 0.25) is 5.91 Å². The Bertz CT molecular complexity index is 994. The number of nitrogens with zero attached hydrogens (tertiary/aromatic N) is 1. The van der Waals surface area contributed by atoms with Gasteiger partial charge in [-0.1, -0.05) is 37.6 Å². The molecule has 1 aromatic heterocycles. The average molecular weight is 409 g/mol. The Kier molecular flexibility index (Phi) is 7.03. The second kappa shape index (κ2) is 9.89. The summed E-state index contributed by atoms with van der Waals surface area (Å²) in [7, 11) is 3.19. The highest BCUT2D eigenvalue weighted by Crippen LogP contribution is 2.27. The van der Waals surface area contributed by atoms with E-state index in [2.05, 4.69) is 41.5 Å². The van der Waals surface area contributed by atoms with Crippen molar-refractivity contribution in [1.82, 2.24) is 4.98 Å². The molecule has 1 heterocycles. The van der Waals surface area contributed by atoms with Gasteiger partial charge in [-0.2, -0.15) is 0 Å². The molecule has 0 aliphatic rings. The van der Waals surface area contributed by atoms with E-state index in [0.29, 0.717) is 16.6 Å². The van der Waals surface area contributed by atoms with Crippen molar-refractivity contribution in [2.75, 3.05) is 19.5 Å². The molecule has 0 saturated carbocycles. The fourth-order valence-electron chi connectivity index (χ4n) is 2.88. The largest absolute Gasteiger partial charge is 0.497 e. The third kappa shape index (κ3) is 5.45. The second-order valence-corrected chi connectivity index (χ2v) is 7.27. The van der Waals surface area contributed by atoms with Gasteiger partial charge in [-0.15, -0.1) is 11.3 Å². The molecule has 1 N–H and O–H groups in total. The maximum absolute atomic E-state index is 12.3. The highest BCUT2D eigenvalue weighted by atomic mass is 32.1. The van der Waals surface area contributed by atoms with Gasteiger partial charge in [0.25, 0.3) is 0 Å². The predicted molar refractivity (Wildman–Crippen MR) is 119 cm³/mol. The maximum atomic E-state index is 12.3. The molecule has 3 rings (SSSR count). The zero-order valence-electron chi connectivity index (χ0n) is 16.8. The molecule has 0 aliphatic heterocycles.